The van der Waals surface area contributed by atoms with E-state index in [-0.39, 0.29) is 0 Å². The lowest BCUT2D eigenvalue weighted by Gasteiger charge is -2.32. The fourth-order valence-corrected chi connectivity index (χ4v) is 3.08. The molecule has 0 bridgehead atoms. The molecule has 17 heavy (non-hydrogen) atoms. The topological polar surface area (TPSA) is 52.0 Å². The molecular formula is C15H18N2. The highest BCUT2D eigenvalue weighted by atomic mass is 14.7. The quantitative estimate of drug-likeness (QED) is 0.678. The lowest BCUT2D eigenvalue weighted by atomic mass is 9.73. The van der Waals surface area contributed by atoms with Gasteiger partial charge in [-0.3, -0.25) is 0 Å². The third-order valence-electron chi connectivity index (χ3n) is 3.74. The van der Waals surface area contributed by atoms with Gasteiger partial charge in [-0.2, -0.15) is 0 Å². The number of nitrogens with two attached hydrogens (primary N) is 2. The number of anilines is 2. The van der Waals surface area contributed by atoms with Gasteiger partial charge < -0.3 is 11.5 Å². The Kier molecular flexibility index (Phi) is 1.94. The molecule has 2 nitrogen and oxygen atoms in total. The highest BCUT2D eigenvalue weighted by molar-refractivity contribution is 6.02. The van der Waals surface area contributed by atoms with E-state index in [1.165, 1.54) is 16.5 Å². The minimum Gasteiger partial charge on any atom is -0.397 e. The summed E-state index contributed by atoms with van der Waals surface area (Å²) in [7, 11) is 0. The van der Waals surface area contributed by atoms with Crippen molar-refractivity contribution in [3.8, 4) is 0 Å². The molecule has 2 heteroatoms. The highest BCUT2D eigenvalue weighted by Crippen LogP contribution is 2.41. The Balaban J connectivity index is 2.42. The molecule has 0 spiro atoms. The Bertz CT molecular complexity index is 612. The first kappa shape index (κ1) is 10.5. The average molecular weight is 226 g/mol. The van der Waals surface area contributed by atoms with Gasteiger partial charge in [0.15, 0.2) is 0 Å². The molecule has 0 aliphatic heterocycles. The van der Waals surface area contributed by atoms with Crippen LogP contribution in [0.1, 0.15) is 25.0 Å². The Hall–Kier alpha value is -1.70. The summed E-state index contributed by atoms with van der Waals surface area (Å²) >= 11 is 0. The zero-order chi connectivity index (χ0) is 12.2. The molecule has 0 saturated heterocycles. The van der Waals surface area contributed by atoms with E-state index in [2.05, 4.69) is 38.1 Å². The summed E-state index contributed by atoms with van der Waals surface area (Å²) in [5.74, 6) is 0. The van der Waals surface area contributed by atoms with E-state index in [1.807, 2.05) is 0 Å². The molecule has 3 rings (SSSR count). The molecule has 0 heterocycles. The van der Waals surface area contributed by atoms with Crippen molar-refractivity contribution in [1.82, 2.24) is 0 Å². The van der Waals surface area contributed by atoms with E-state index < -0.39 is 0 Å². The van der Waals surface area contributed by atoms with Gasteiger partial charge in [-0.15, -0.1) is 0 Å². The summed E-state index contributed by atoms with van der Waals surface area (Å²) in [6, 6.07) is 8.43. The van der Waals surface area contributed by atoms with Crippen LogP contribution < -0.4 is 11.5 Å². The van der Waals surface area contributed by atoms with Gasteiger partial charge in [0, 0.05) is 5.39 Å². The van der Waals surface area contributed by atoms with Crippen molar-refractivity contribution >= 4 is 22.1 Å². The third-order valence-corrected chi connectivity index (χ3v) is 3.74. The molecule has 0 amide bonds. The van der Waals surface area contributed by atoms with Crippen LogP contribution in [-0.2, 0) is 12.8 Å². The molecule has 0 atom stereocenters. The lowest BCUT2D eigenvalue weighted by molar-refractivity contribution is 0.356. The van der Waals surface area contributed by atoms with Gasteiger partial charge >= 0.3 is 0 Å². The Morgan fingerprint density at radius 1 is 1.06 bits per heavy atom. The van der Waals surface area contributed by atoms with Crippen LogP contribution in [0.25, 0.3) is 10.8 Å². The van der Waals surface area contributed by atoms with Crippen molar-refractivity contribution in [2.24, 2.45) is 5.41 Å². The number of nitrogen functional groups attached to an aromatic ring is 2. The predicted octanol–water partition coefficient (Wildman–Crippen LogP) is 3.13. The summed E-state index contributed by atoms with van der Waals surface area (Å²) in [4.78, 5) is 0. The van der Waals surface area contributed by atoms with E-state index >= 15 is 0 Å². The van der Waals surface area contributed by atoms with E-state index in [0.29, 0.717) is 11.1 Å². The summed E-state index contributed by atoms with van der Waals surface area (Å²) in [6.45, 7) is 4.61. The van der Waals surface area contributed by atoms with Crippen LogP contribution in [0.5, 0.6) is 0 Å². The standard InChI is InChI=1S/C15H18N2/c1-15(2)7-9-4-3-5-11-13(9)10(8-15)6-12(16)14(11)17/h3-6H,7-8,16-17H2,1-2H3. The molecule has 1 aliphatic carbocycles. The van der Waals surface area contributed by atoms with Crippen molar-refractivity contribution in [3.05, 3.63) is 35.4 Å². The van der Waals surface area contributed by atoms with Gasteiger partial charge in [0.05, 0.1) is 11.4 Å². The molecule has 0 fully saturated rings. The smallest absolute Gasteiger partial charge is 0.0627 e. The van der Waals surface area contributed by atoms with E-state index in [9.17, 15) is 0 Å². The van der Waals surface area contributed by atoms with Gasteiger partial charge in [-0.05, 0) is 40.8 Å². The van der Waals surface area contributed by atoms with Crippen LogP contribution in [-0.4, -0.2) is 0 Å². The summed E-state index contributed by atoms with van der Waals surface area (Å²) in [5, 5.41) is 2.45. The van der Waals surface area contributed by atoms with Gasteiger partial charge in [0.25, 0.3) is 0 Å². The van der Waals surface area contributed by atoms with E-state index in [1.54, 1.807) is 0 Å². The zero-order valence-electron chi connectivity index (χ0n) is 10.4. The van der Waals surface area contributed by atoms with Gasteiger partial charge in [-0.1, -0.05) is 32.0 Å². The SMILES string of the molecule is CC1(C)Cc2cccc3c(N)c(N)cc(c23)C1. The molecule has 1 aliphatic rings. The van der Waals surface area contributed by atoms with Crippen LogP contribution in [0.3, 0.4) is 0 Å². The van der Waals surface area contributed by atoms with Crippen molar-refractivity contribution in [2.45, 2.75) is 26.7 Å². The fourth-order valence-electron chi connectivity index (χ4n) is 3.08. The van der Waals surface area contributed by atoms with Gasteiger partial charge in [0.2, 0.25) is 0 Å². The molecule has 2 aromatic carbocycles. The highest BCUT2D eigenvalue weighted by Gasteiger charge is 2.27. The monoisotopic (exact) mass is 226 g/mol. The van der Waals surface area contributed by atoms with Crippen molar-refractivity contribution in [2.75, 3.05) is 11.5 Å². The maximum Gasteiger partial charge on any atom is 0.0627 e. The van der Waals surface area contributed by atoms with E-state index in [0.717, 1.165) is 23.9 Å². The molecule has 0 saturated carbocycles. The van der Waals surface area contributed by atoms with Gasteiger partial charge in [0.1, 0.15) is 0 Å². The molecule has 0 unspecified atom stereocenters. The van der Waals surface area contributed by atoms with Crippen LogP contribution in [0.15, 0.2) is 24.3 Å². The first-order valence-corrected chi connectivity index (χ1v) is 6.06. The molecule has 4 N–H and O–H groups in total. The molecule has 2 aromatic rings. The minimum atomic E-state index is 0.309. The first-order valence-electron chi connectivity index (χ1n) is 6.06. The Labute approximate surface area is 102 Å². The Morgan fingerprint density at radius 3 is 2.53 bits per heavy atom. The molecule has 0 aromatic heterocycles. The summed E-state index contributed by atoms with van der Waals surface area (Å²) in [5.41, 5.74) is 16.6. The first-order chi connectivity index (χ1) is 7.98. The summed E-state index contributed by atoms with van der Waals surface area (Å²) in [6.07, 6.45) is 2.19. The molecule has 0 radical (unpaired) electrons. The predicted molar refractivity (Wildman–Crippen MR) is 74.0 cm³/mol. The second-order valence-corrected chi connectivity index (χ2v) is 5.90. The maximum atomic E-state index is 6.08. The van der Waals surface area contributed by atoms with Crippen molar-refractivity contribution < 1.29 is 0 Å². The number of rotatable bonds is 0. The second-order valence-electron chi connectivity index (χ2n) is 5.90. The van der Waals surface area contributed by atoms with Crippen LogP contribution in [0, 0.1) is 5.41 Å². The Morgan fingerprint density at radius 2 is 1.76 bits per heavy atom. The fraction of sp³-hybridized carbons (Fsp3) is 0.333. The number of benzene rings is 2. The maximum absolute atomic E-state index is 6.08. The zero-order valence-corrected chi connectivity index (χ0v) is 10.4. The average Bonchev–Trinajstić information content (AvgIpc) is 2.23. The van der Waals surface area contributed by atoms with Crippen LogP contribution in [0.2, 0.25) is 0 Å². The van der Waals surface area contributed by atoms with Crippen LogP contribution in [0.4, 0.5) is 11.4 Å². The molecular weight excluding hydrogens is 208 g/mol. The minimum absolute atomic E-state index is 0.309. The lowest BCUT2D eigenvalue weighted by Crippen LogP contribution is -2.23. The summed E-state index contributed by atoms with van der Waals surface area (Å²) < 4.78 is 0. The second kappa shape index (κ2) is 3.16. The van der Waals surface area contributed by atoms with Crippen molar-refractivity contribution in [1.29, 1.82) is 0 Å². The van der Waals surface area contributed by atoms with Crippen LogP contribution >= 0.6 is 0 Å². The largest absolute Gasteiger partial charge is 0.397 e. The molecule has 88 valence electrons. The normalized spacial score (nSPS) is 17.3. The van der Waals surface area contributed by atoms with Crippen molar-refractivity contribution in [3.63, 3.8) is 0 Å². The number of hydrogen-bond acceptors (Lipinski definition) is 2. The third kappa shape index (κ3) is 1.47. The number of hydrogen-bond donors (Lipinski definition) is 2. The van der Waals surface area contributed by atoms with E-state index in [4.69, 9.17) is 11.5 Å². The van der Waals surface area contributed by atoms with Gasteiger partial charge in [-0.25, -0.2) is 0 Å².